The van der Waals surface area contributed by atoms with Crippen molar-refractivity contribution in [3.8, 4) is 0 Å². The van der Waals surface area contributed by atoms with Gasteiger partial charge in [0.1, 0.15) is 17.8 Å². The van der Waals surface area contributed by atoms with E-state index in [-0.39, 0.29) is 11.4 Å². The predicted molar refractivity (Wildman–Crippen MR) is 101 cm³/mol. The molecule has 9 nitrogen and oxygen atoms in total. The molecule has 0 radical (unpaired) electrons. The van der Waals surface area contributed by atoms with Gasteiger partial charge in [0.25, 0.3) is 11.6 Å². The molecule has 1 aliphatic heterocycles. The minimum absolute atomic E-state index is 0.00141. The molecule has 4 amide bonds. The van der Waals surface area contributed by atoms with Gasteiger partial charge in [-0.1, -0.05) is 36.4 Å². The van der Waals surface area contributed by atoms with Crippen molar-refractivity contribution in [2.24, 2.45) is 0 Å². The number of nitro groups is 1. The average molecular weight is 382 g/mol. The van der Waals surface area contributed by atoms with Gasteiger partial charge in [0.2, 0.25) is 5.91 Å². The van der Waals surface area contributed by atoms with Crippen LogP contribution in [0.4, 0.5) is 16.2 Å². The fourth-order valence-electron chi connectivity index (χ4n) is 3.04. The van der Waals surface area contributed by atoms with E-state index in [1.807, 2.05) is 0 Å². The number of nitrogens with zero attached hydrogens (tertiary/aromatic N) is 2. The van der Waals surface area contributed by atoms with Gasteiger partial charge >= 0.3 is 6.03 Å². The highest BCUT2D eigenvalue weighted by atomic mass is 16.6. The first-order valence-corrected chi connectivity index (χ1v) is 8.47. The number of imide groups is 1. The summed E-state index contributed by atoms with van der Waals surface area (Å²) in [7, 11) is 0. The number of benzene rings is 2. The molecule has 0 saturated carbocycles. The highest BCUT2D eigenvalue weighted by Crippen LogP contribution is 2.29. The lowest BCUT2D eigenvalue weighted by molar-refractivity contribution is -0.384. The molecule has 28 heavy (non-hydrogen) atoms. The van der Waals surface area contributed by atoms with Gasteiger partial charge in [0, 0.05) is 6.07 Å². The number of nitro benzene ring substituents is 1. The molecule has 0 spiro atoms. The van der Waals surface area contributed by atoms with Gasteiger partial charge < -0.3 is 10.6 Å². The SMILES string of the molecule is Cc1ccc(NC(=O)CN2C(=O)N[C@@](C)(c3ccccc3)C2=O)c([N+](=O)[O-])c1. The van der Waals surface area contributed by atoms with Crippen molar-refractivity contribution in [1.82, 2.24) is 10.2 Å². The third kappa shape index (κ3) is 3.41. The van der Waals surface area contributed by atoms with Crippen molar-refractivity contribution < 1.29 is 19.3 Å². The number of carbonyl (C=O) groups is 3. The molecular weight excluding hydrogens is 364 g/mol. The second-order valence-corrected chi connectivity index (χ2v) is 6.64. The lowest BCUT2D eigenvalue weighted by Crippen LogP contribution is -2.42. The van der Waals surface area contributed by atoms with Crippen LogP contribution in [0.3, 0.4) is 0 Å². The Morgan fingerprint density at radius 1 is 1.21 bits per heavy atom. The largest absolute Gasteiger partial charge is 0.325 e. The Morgan fingerprint density at radius 2 is 1.89 bits per heavy atom. The predicted octanol–water partition coefficient (Wildman–Crippen LogP) is 2.31. The van der Waals surface area contributed by atoms with Crippen LogP contribution in [0.5, 0.6) is 0 Å². The first kappa shape index (κ1) is 19.0. The molecular formula is C19H18N4O5. The van der Waals surface area contributed by atoms with Gasteiger partial charge in [-0.05, 0) is 31.0 Å². The first-order valence-electron chi connectivity index (χ1n) is 8.47. The number of urea groups is 1. The summed E-state index contributed by atoms with van der Waals surface area (Å²) in [5.41, 5.74) is -0.296. The number of carbonyl (C=O) groups excluding carboxylic acids is 3. The number of hydrogen-bond acceptors (Lipinski definition) is 5. The molecule has 2 aromatic rings. The number of amides is 4. The van der Waals surface area contributed by atoms with Crippen molar-refractivity contribution in [3.63, 3.8) is 0 Å². The zero-order chi connectivity index (χ0) is 20.5. The molecule has 1 aliphatic rings. The van der Waals surface area contributed by atoms with Gasteiger partial charge in [0.15, 0.2) is 0 Å². The zero-order valence-corrected chi connectivity index (χ0v) is 15.3. The molecule has 1 atom stereocenters. The fourth-order valence-corrected chi connectivity index (χ4v) is 3.04. The molecule has 0 bridgehead atoms. The molecule has 2 N–H and O–H groups in total. The normalized spacial score (nSPS) is 18.7. The van der Waals surface area contributed by atoms with Crippen molar-refractivity contribution in [3.05, 3.63) is 69.8 Å². The molecule has 0 unspecified atom stereocenters. The smallest absolute Gasteiger partial charge is 0.319 e. The maximum absolute atomic E-state index is 12.8. The first-order chi connectivity index (χ1) is 13.2. The monoisotopic (exact) mass is 382 g/mol. The van der Waals surface area contributed by atoms with Crippen LogP contribution < -0.4 is 10.6 Å². The van der Waals surface area contributed by atoms with Crippen LogP contribution in [-0.4, -0.2) is 34.2 Å². The zero-order valence-electron chi connectivity index (χ0n) is 15.3. The quantitative estimate of drug-likeness (QED) is 0.467. The van der Waals surface area contributed by atoms with E-state index in [0.29, 0.717) is 11.1 Å². The van der Waals surface area contributed by atoms with Crippen LogP contribution in [0.15, 0.2) is 48.5 Å². The highest BCUT2D eigenvalue weighted by Gasteiger charge is 2.49. The van der Waals surface area contributed by atoms with Gasteiger partial charge in [-0.3, -0.25) is 24.6 Å². The number of aryl methyl sites for hydroxylation is 1. The van der Waals surface area contributed by atoms with Crippen molar-refractivity contribution in [1.29, 1.82) is 0 Å². The third-order valence-corrected chi connectivity index (χ3v) is 4.55. The van der Waals surface area contributed by atoms with Crippen LogP contribution >= 0.6 is 0 Å². The van der Waals surface area contributed by atoms with E-state index in [4.69, 9.17) is 0 Å². The summed E-state index contributed by atoms with van der Waals surface area (Å²) < 4.78 is 0. The summed E-state index contributed by atoms with van der Waals surface area (Å²) in [6.45, 7) is 2.69. The molecule has 0 aromatic heterocycles. The van der Waals surface area contributed by atoms with Crippen molar-refractivity contribution in [2.75, 3.05) is 11.9 Å². The van der Waals surface area contributed by atoms with E-state index in [2.05, 4.69) is 10.6 Å². The summed E-state index contributed by atoms with van der Waals surface area (Å²) in [6.07, 6.45) is 0. The molecule has 9 heteroatoms. The van der Waals surface area contributed by atoms with E-state index < -0.39 is 34.9 Å². The standard InChI is InChI=1S/C19H18N4O5/c1-12-8-9-14(15(10-12)23(27)28)20-16(24)11-22-17(25)19(2,21-18(22)26)13-6-4-3-5-7-13/h3-10H,11H2,1-2H3,(H,20,24)(H,21,26)/t19-/m0/s1. The minimum Gasteiger partial charge on any atom is -0.319 e. The summed E-state index contributed by atoms with van der Waals surface area (Å²) in [6, 6.07) is 12.3. The molecule has 2 aromatic carbocycles. The second kappa shape index (κ2) is 7.10. The van der Waals surface area contributed by atoms with Crippen LogP contribution in [-0.2, 0) is 15.1 Å². The number of nitrogens with one attached hydrogen (secondary N) is 2. The summed E-state index contributed by atoms with van der Waals surface area (Å²) in [5.74, 6) is -1.29. The lowest BCUT2D eigenvalue weighted by Gasteiger charge is -2.22. The van der Waals surface area contributed by atoms with E-state index in [1.165, 1.54) is 12.1 Å². The molecule has 144 valence electrons. The minimum atomic E-state index is -1.28. The Hall–Kier alpha value is -3.75. The third-order valence-electron chi connectivity index (χ3n) is 4.55. The molecule has 1 saturated heterocycles. The van der Waals surface area contributed by atoms with E-state index in [0.717, 1.165) is 4.90 Å². The lowest BCUT2D eigenvalue weighted by atomic mass is 9.92. The number of anilines is 1. The molecule has 1 fully saturated rings. The van der Waals surface area contributed by atoms with Gasteiger partial charge in [-0.15, -0.1) is 0 Å². The van der Waals surface area contributed by atoms with Crippen LogP contribution in [0, 0.1) is 17.0 Å². The average Bonchev–Trinajstić information content (AvgIpc) is 2.88. The van der Waals surface area contributed by atoms with Crippen molar-refractivity contribution in [2.45, 2.75) is 19.4 Å². The summed E-state index contributed by atoms with van der Waals surface area (Å²) in [4.78, 5) is 48.8. The van der Waals surface area contributed by atoms with Crippen molar-refractivity contribution >= 4 is 29.2 Å². The van der Waals surface area contributed by atoms with Crippen LogP contribution in [0.1, 0.15) is 18.1 Å². The molecule has 3 rings (SSSR count). The van der Waals surface area contributed by atoms with Gasteiger partial charge in [0.05, 0.1) is 4.92 Å². The van der Waals surface area contributed by atoms with E-state index in [1.54, 1.807) is 50.2 Å². The Labute approximate surface area is 160 Å². The maximum Gasteiger partial charge on any atom is 0.325 e. The van der Waals surface area contributed by atoms with Gasteiger partial charge in [-0.25, -0.2) is 4.79 Å². The number of hydrogen-bond donors (Lipinski definition) is 2. The molecule has 0 aliphatic carbocycles. The van der Waals surface area contributed by atoms with Crippen LogP contribution in [0.2, 0.25) is 0 Å². The Bertz CT molecular complexity index is 976. The Kier molecular flexibility index (Phi) is 4.83. The summed E-state index contributed by atoms with van der Waals surface area (Å²) in [5, 5.41) is 16.2. The Balaban J connectivity index is 1.77. The summed E-state index contributed by atoms with van der Waals surface area (Å²) >= 11 is 0. The van der Waals surface area contributed by atoms with Crippen LogP contribution in [0.25, 0.3) is 0 Å². The fraction of sp³-hybridized carbons (Fsp3) is 0.211. The van der Waals surface area contributed by atoms with Gasteiger partial charge in [-0.2, -0.15) is 0 Å². The molecule has 1 heterocycles. The Morgan fingerprint density at radius 3 is 2.54 bits per heavy atom. The maximum atomic E-state index is 12.8. The highest BCUT2D eigenvalue weighted by molar-refractivity contribution is 6.10. The number of rotatable bonds is 5. The second-order valence-electron chi connectivity index (χ2n) is 6.64. The van der Waals surface area contributed by atoms with E-state index >= 15 is 0 Å². The van der Waals surface area contributed by atoms with E-state index in [9.17, 15) is 24.5 Å². The topological polar surface area (TPSA) is 122 Å².